The summed E-state index contributed by atoms with van der Waals surface area (Å²) in [6.07, 6.45) is 14.8. The Balaban J connectivity index is 1.16. The van der Waals surface area contributed by atoms with Crippen LogP contribution in [0.25, 0.3) is 39.0 Å². The number of halogens is 1. The Morgan fingerprint density at radius 1 is 1.00 bits per heavy atom. The SMILES string of the molecule is COc1cc(F)cc(-c2ccnc3c2CC=C(c2[nH]nc4ncc(-c5cncc(NC(=O)C6CCCCC6)c5)cc24)N3)c1. The Morgan fingerprint density at radius 3 is 2.72 bits per heavy atom. The molecule has 1 amide bonds. The maximum atomic E-state index is 14.3. The van der Waals surface area contributed by atoms with Gasteiger partial charge in [-0.25, -0.2) is 14.4 Å². The van der Waals surface area contributed by atoms with E-state index in [1.807, 2.05) is 24.3 Å². The van der Waals surface area contributed by atoms with Crippen molar-refractivity contribution in [3.8, 4) is 28.0 Å². The first-order valence-corrected chi connectivity index (χ1v) is 14.5. The predicted octanol–water partition coefficient (Wildman–Crippen LogP) is 6.76. The second-order valence-corrected chi connectivity index (χ2v) is 11.0. The van der Waals surface area contributed by atoms with E-state index < -0.39 is 0 Å². The summed E-state index contributed by atoms with van der Waals surface area (Å²) < 4.78 is 19.6. The maximum Gasteiger partial charge on any atom is 0.227 e. The van der Waals surface area contributed by atoms with Crippen LogP contribution < -0.4 is 15.4 Å². The molecule has 1 aliphatic heterocycles. The van der Waals surface area contributed by atoms with Crippen molar-refractivity contribution < 1.29 is 13.9 Å². The zero-order valence-corrected chi connectivity index (χ0v) is 23.7. The van der Waals surface area contributed by atoms with Gasteiger partial charge in [-0.3, -0.25) is 14.9 Å². The fourth-order valence-electron chi connectivity index (χ4n) is 6.00. The van der Waals surface area contributed by atoms with Crippen molar-refractivity contribution in [1.82, 2.24) is 25.1 Å². The summed E-state index contributed by atoms with van der Waals surface area (Å²) in [6.45, 7) is 0. The number of hydrogen-bond acceptors (Lipinski definition) is 7. The maximum absolute atomic E-state index is 14.3. The summed E-state index contributed by atoms with van der Waals surface area (Å²) in [7, 11) is 1.52. The molecule has 9 nitrogen and oxygen atoms in total. The number of nitrogens with zero attached hydrogens (tertiary/aromatic N) is 4. The van der Waals surface area contributed by atoms with Gasteiger partial charge in [0.1, 0.15) is 17.4 Å². The lowest BCUT2D eigenvalue weighted by Crippen LogP contribution is -2.24. The number of aromatic amines is 1. The topological polar surface area (TPSA) is 118 Å². The van der Waals surface area contributed by atoms with E-state index in [-0.39, 0.29) is 17.6 Å². The number of allylic oxidation sites excluding steroid dienone is 1. The van der Waals surface area contributed by atoms with E-state index >= 15 is 0 Å². The van der Waals surface area contributed by atoms with Crippen LogP contribution in [0.4, 0.5) is 15.9 Å². The first kappa shape index (κ1) is 26.8. The van der Waals surface area contributed by atoms with E-state index in [9.17, 15) is 9.18 Å². The summed E-state index contributed by atoms with van der Waals surface area (Å²) in [5.41, 5.74) is 7.12. The molecule has 5 heterocycles. The van der Waals surface area contributed by atoms with Crippen molar-refractivity contribution in [2.75, 3.05) is 17.7 Å². The molecule has 0 atom stereocenters. The molecular formula is C33H30FN7O2. The lowest BCUT2D eigenvalue weighted by molar-refractivity contribution is -0.120. The highest BCUT2D eigenvalue weighted by molar-refractivity contribution is 5.96. The number of fused-ring (bicyclic) bond motifs is 2. The van der Waals surface area contributed by atoms with Gasteiger partial charge in [0.05, 0.1) is 30.4 Å². The minimum atomic E-state index is -0.362. The molecule has 4 aromatic heterocycles. The Morgan fingerprint density at radius 2 is 1.86 bits per heavy atom. The third-order valence-corrected chi connectivity index (χ3v) is 8.23. The highest BCUT2D eigenvalue weighted by Crippen LogP contribution is 2.37. The minimum Gasteiger partial charge on any atom is -0.497 e. The van der Waals surface area contributed by atoms with Crippen LogP contribution in [0.15, 0.2) is 67.3 Å². The van der Waals surface area contributed by atoms with Crippen LogP contribution in [0.2, 0.25) is 0 Å². The molecule has 1 fully saturated rings. The first-order chi connectivity index (χ1) is 21.1. The number of H-pyrrole nitrogens is 1. The third kappa shape index (κ3) is 5.31. The quantitative estimate of drug-likeness (QED) is 0.205. The summed E-state index contributed by atoms with van der Waals surface area (Å²) in [6, 6.07) is 10.5. The Bertz CT molecular complexity index is 1880. The van der Waals surface area contributed by atoms with Gasteiger partial charge in [0, 0.05) is 52.7 Å². The van der Waals surface area contributed by atoms with Crippen LogP contribution in [-0.2, 0) is 11.2 Å². The van der Waals surface area contributed by atoms with Gasteiger partial charge in [-0.05, 0) is 60.7 Å². The van der Waals surface area contributed by atoms with Gasteiger partial charge < -0.3 is 15.4 Å². The molecule has 0 unspecified atom stereocenters. The average Bonchev–Trinajstić information content (AvgIpc) is 3.48. The van der Waals surface area contributed by atoms with Gasteiger partial charge in [0.25, 0.3) is 0 Å². The second kappa shape index (κ2) is 11.3. The molecule has 216 valence electrons. The molecule has 1 aliphatic carbocycles. The summed E-state index contributed by atoms with van der Waals surface area (Å²) >= 11 is 0. The van der Waals surface area contributed by atoms with E-state index in [0.717, 1.165) is 70.3 Å². The zero-order valence-electron chi connectivity index (χ0n) is 23.7. The number of aromatic nitrogens is 5. The normalized spacial score (nSPS) is 15.0. The number of nitrogens with one attached hydrogen (secondary N) is 3. The second-order valence-electron chi connectivity index (χ2n) is 11.0. The number of rotatable bonds is 6. The number of carbonyl (C=O) groups excluding carboxylic acids is 1. The third-order valence-electron chi connectivity index (χ3n) is 8.23. The molecule has 43 heavy (non-hydrogen) atoms. The monoisotopic (exact) mass is 575 g/mol. The molecule has 0 saturated heterocycles. The van der Waals surface area contributed by atoms with Crippen LogP contribution in [-0.4, -0.2) is 38.2 Å². The molecular weight excluding hydrogens is 545 g/mol. The van der Waals surface area contributed by atoms with Gasteiger partial charge in [-0.15, -0.1) is 0 Å². The van der Waals surface area contributed by atoms with Gasteiger partial charge in [-0.2, -0.15) is 5.10 Å². The fourth-order valence-corrected chi connectivity index (χ4v) is 6.00. The van der Waals surface area contributed by atoms with Crippen molar-refractivity contribution in [1.29, 1.82) is 0 Å². The van der Waals surface area contributed by atoms with E-state index in [1.54, 1.807) is 24.8 Å². The number of ether oxygens (including phenoxy) is 1. The molecule has 2 aliphatic rings. The van der Waals surface area contributed by atoms with Crippen LogP contribution in [0.1, 0.15) is 43.4 Å². The van der Waals surface area contributed by atoms with Crippen molar-refractivity contribution in [2.45, 2.75) is 38.5 Å². The largest absolute Gasteiger partial charge is 0.497 e. The number of anilines is 2. The van der Waals surface area contributed by atoms with Crippen LogP contribution in [0, 0.1) is 11.7 Å². The highest BCUT2D eigenvalue weighted by Gasteiger charge is 2.23. The molecule has 0 bridgehead atoms. The summed E-state index contributed by atoms with van der Waals surface area (Å²) in [5, 5.41) is 14.9. The van der Waals surface area contributed by atoms with Crippen LogP contribution in [0.5, 0.6) is 5.75 Å². The molecule has 7 rings (SSSR count). The molecule has 1 aromatic carbocycles. The Kier molecular flexibility index (Phi) is 7.02. The number of carbonyl (C=O) groups is 1. The zero-order chi connectivity index (χ0) is 29.3. The van der Waals surface area contributed by atoms with Crippen molar-refractivity contribution in [3.63, 3.8) is 0 Å². The molecule has 5 aromatic rings. The lowest BCUT2D eigenvalue weighted by Gasteiger charge is -2.21. The summed E-state index contributed by atoms with van der Waals surface area (Å²) in [4.78, 5) is 26.3. The van der Waals surface area contributed by atoms with Gasteiger partial charge in [-0.1, -0.05) is 25.3 Å². The number of amides is 1. The predicted molar refractivity (Wildman–Crippen MR) is 164 cm³/mol. The molecule has 10 heteroatoms. The molecule has 0 spiro atoms. The minimum absolute atomic E-state index is 0.0626. The van der Waals surface area contributed by atoms with E-state index in [4.69, 9.17) is 4.74 Å². The standard InChI is InChI=1S/C33H30FN7O2/c1-43-25-13-20(11-23(34)15-25)26-9-10-36-31-27(26)7-8-29(39-31)30-28-14-22(17-37-32(28)41-40-30)21-12-24(18-35-16-21)38-33(42)19-5-3-2-4-6-19/h8-19H,2-7H2,1H3,(H,36,39)(H,38,42)(H,37,40,41). The van der Waals surface area contributed by atoms with Gasteiger partial charge in [0.15, 0.2) is 5.65 Å². The molecule has 1 saturated carbocycles. The van der Waals surface area contributed by atoms with Crippen LogP contribution >= 0.6 is 0 Å². The summed E-state index contributed by atoms with van der Waals surface area (Å²) in [5.74, 6) is 0.913. The van der Waals surface area contributed by atoms with Crippen molar-refractivity contribution in [3.05, 3.63) is 84.3 Å². The van der Waals surface area contributed by atoms with Crippen LogP contribution in [0.3, 0.4) is 0 Å². The molecule has 3 N–H and O–H groups in total. The van der Waals surface area contributed by atoms with Crippen molar-refractivity contribution >= 4 is 34.1 Å². The van der Waals surface area contributed by atoms with E-state index in [2.05, 4.69) is 41.9 Å². The first-order valence-electron chi connectivity index (χ1n) is 14.5. The number of methoxy groups -OCH3 is 1. The Hall–Kier alpha value is -5.12. The average molecular weight is 576 g/mol. The van der Waals surface area contributed by atoms with E-state index in [1.165, 1.54) is 25.7 Å². The smallest absolute Gasteiger partial charge is 0.227 e. The molecule has 0 radical (unpaired) electrons. The fraction of sp³-hybridized carbons (Fsp3) is 0.242. The number of benzene rings is 1. The Labute approximate surface area is 247 Å². The van der Waals surface area contributed by atoms with Gasteiger partial charge >= 0.3 is 0 Å². The lowest BCUT2D eigenvalue weighted by atomic mass is 9.88. The number of hydrogen-bond donors (Lipinski definition) is 3. The van der Waals surface area contributed by atoms with Crippen molar-refractivity contribution in [2.24, 2.45) is 5.92 Å². The highest BCUT2D eigenvalue weighted by atomic mass is 19.1. The van der Waals surface area contributed by atoms with E-state index in [0.29, 0.717) is 29.3 Å². The number of pyridine rings is 3. The van der Waals surface area contributed by atoms with Gasteiger partial charge in [0.2, 0.25) is 5.91 Å².